The molecule has 0 saturated carbocycles. The average Bonchev–Trinajstić information content (AvgIpc) is 2.81. The maximum absolute atomic E-state index is 13.3. The van der Waals surface area contributed by atoms with Crippen LogP contribution in [0.15, 0.2) is 78.9 Å². The van der Waals surface area contributed by atoms with Crippen molar-refractivity contribution in [2.75, 3.05) is 29.9 Å². The lowest BCUT2D eigenvalue weighted by molar-refractivity contribution is -0.137. The van der Waals surface area contributed by atoms with E-state index in [1.807, 2.05) is 0 Å². The number of amides is 3. The van der Waals surface area contributed by atoms with E-state index in [0.717, 1.165) is 24.3 Å². The zero-order valence-electron chi connectivity index (χ0n) is 17.8. The number of halogens is 4. The first-order valence-corrected chi connectivity index (χ1v) is 10.2. The summed E-state index contributed by atoms with van der Waals surface area (Å²) in [5, 5.41) is 5.01. The van der Waals surface area contributed by atoms with E-state index in [2.05, 4.69) is 10.6 Å². The highest BCUT2D eigenvalue weighted by atomic mass is 19.4. The van der Waals surface area contributed by atoms with E-state index in [4.69, 9.17) is 4.74 Å². The van der Waals surface area contributed by atoms with Gasteiger partial charge in [0.15, 0.2) is 6.61 Å². The van der Waals surface area contributed by atoms with Crippen molar-refractivity contribution in [3.05, 3.63) is 90.2 Å². The van der Waals surface area contributed by atoms with E-state index in [9.17, 15) is 27.2 Å². The van der Waals surface area contributed by atoms with Crippen LogP contribution >= 0.6 is 0 Å². The fourth-order valence-corrected chi connectivity index (χ4v) is 2.96. The molecule has 0 heterocycles. The number of carbonyl (C=O) groups excluding carboxylic acids is 2. The van der Waals surface area contributed by atoms with Crippen molar-refractivity contribution >= 4 is 23.3 Å². The van der Waals surface area contributed by atoms with Crippen LogP contribution in [0.3, 0.4) is 0 Å². The van der Waals surface area contributed by atoms with Crippen molar-refractivity contribution in [1.29, 1.82) is 0 Å². The first kappa shape index (κ1) is 24.6. The Bertz CT molecular complexity index is 1110. The molecule has 0 aliphatic heterocycles. The van der Waals surface area contributed by atoms with Crippen LogP contribution in [0.1, 0.15) is 5.56 Å². The lowest BCUT2D eigenvalue weighted by Crippen LogP contribution is -2.42. The Morgan fingerprint density at radius 2 is 1.62 bits per heavy atom. The van der Waals surface area contributed by atoms with Crippen LogP contribution < -0.4 is 20.3 Å². The summed E-state index contributed by atoms with van der Waals surface area (Å²) in [6.45, 7) is -0.255. The van der Waals surface area contributed by atoms with Gasteiger partial charge in [-0.2, -0.15) is 13.2 Å². The Kier molecular flexibility index (Phi) is 8.07. The van der Waals surface area contributed by atoms with Crippen LogP contribution in [0.5, 0.6) is 5.75 Å². The average molecular weight is 475 g/mol. The minimum absolute atomic E-state index is 0.0182. The predicted molar refractivity (Wildman–Crippen MR) is 119 cm³/mol. The first-order chi connectivity index (χ1) is 16.2. The molecule has 0 atom stereocenters. The molecule has 2 N–H and O–H groups in total. The van der Waals surface area contributed by atoms with Gasteiger partial charge in [0.05, 0.1) is 5.56 Å². The second kappa shape index (κ2) is 11.2. The Labute approximate surface area is 193 Å². The van der Waals surface area contributed by atoms with Gasteiger partial charge in [-0.3, -0.25) is 9.69 Å². The highest BCUT2D eigenvalue weighted by Gasteiger charge is 2.30. The standard InChI is InChI=1S/C24H21F4N3O3/c25-18-9-11-20(12-10-18)31(14-13-29-22(32)16-34-21-7-2-1-3-8-21)23(33)30-19-6-4-5-17(15-19)24(26,27)28/h1-12,15H,13-14,16H2,(H,29,32)(H,30,33). The Balaban J connectivity index is 1.64. The van der Waals surface area contributed by atoms with Gasteiger partial charge >= 0.3 is 12.2 Å². The number of para-hydroxylation sites is 1. The van der Waals surface area contributed by atoms with Gasteiger partial charge < -0.3 is 15.4 Å². The molecular formula is C24H21F4N3O3. The molecule has 3 rings (SSSR count). The number of urea groups is 1. The van der Waals surface area contributed by atoms with Gasteiger partial charge in [0.1, 0.15) is 11.6 Å². The SMILES string of the molecule is O=C(COc1ccccc1)NCCN(C(=O)Nc1cccc(C(F)(F)F)c1)c1ccc(F)cc1. The molecular weight excluding hydrogens is 454 g/mol. The molecule has 3 aromatic rings. The quantitative estimate of drug-likeness (QED) is 0.447. The lowest BCUT2D eigenvalue weighted by Gasteiger charge is -2.24. The highest BCUT2D eigenvalue weighted by molar-refractivity contribution is 6.01. The number of nitrogens with one attached hydrogen (secondary N) is 2. The van der Waals surface area contributed by atoms with Gasteiger partial charge in [-0.05, 0) is 54.6 Å². The van der Waals surface area contributed by atoms with Crippen molar-refractivity contribution in [2.45, 2.75) is 6.18 Å². The Hall–Kier alpha value is -4.08. The molecule has 6 nitrogen and oxygen atoms in total. The second-order valence-corrected chi connectivity index (χ2v) is 7.09. The maximum Gasteiger partial charge on any atom is 0.416 e. The molecule has 0 aliphatic carbocycles. The zero-order chi connectivity index (χ0) is 24.6. The molecule has 0 radical (unpaired) electrons. The molecule has 0 fully saturated rings. The molecule has 34 heavy (non-hydrogen) atoms. The molecule has 3 amide bonds. The third-order valence-electron chi connectivity index (χ3n) is 4.60. The van der Waals surface area contributed by atoms with Crippen LogP contribution in [0.4, 0.5) is 33.7 Å². The molecule has 0 bridgehead atoms. The number of carbonyl (C=O) groups is 2. The second-order valence-electron chi connectivity index (χ2n) is 7.09. The number of hydrogen-bond donors (Lipinski definition) is 2. The van der Waals surface area contributed by atoms with Crippen molar-refractivity contribution in [2.24, 2.45) is 0 Å². The van der Waals surface area contributed by atoms with Crippen LogP contribution in [0.2, 0.25) is 0 Å². The molecule has 0 aliphatic rings. The third-order valence-corrected chi connectivity index (χ3v) is 4.60. The zero-order valence-corrected chi connectivity index (χ0v) is 17.8. The molecule has 0 spiro atoms. The van der Waals surface area contributed by atoms with E-state index >= 15 is 0 Å². The molecule has 3 aromatic carbocycles. The number of rotatable bonds is 8. The predicted octanol–water partition coefficient (Wildman–Crippen LogP) is 5.08. The largest absolute Gasteiger partial charge is 0.484 e. The van der Waals surface area contributed by atoms with E-state index in [1.165, 1.54) is 29.2 Å². The summed E-state index contributed by atoms with van der Waals surface area (Å²) in [5.74, 6) is -0.430. The van der Waals surface area contributed by atoms with Crippen LogP contribution in [-0.4, -0.2) is 31.6 Å². The van der Waals surface area contributed by atoms with Gasteiger partial charge in [-0.1, -0.05) is 24.3 Å². The summed E-state index contributed by atoms with van der Waals surface area (Å²) in [4.78, 5) is 26.1. The van der Waals surface area contributed by atoms with Crippen LogP contribution in [-0.2, 0) is 11.0 Å². The van der Waals surface area contributed by atoms with E-state index in [-0.39, 0.29) is 25.4 Å². The third kappa shape index (κ3) is 7.22. The van der Waals surface area contributed by atoms with Gasteiger partial charge in [0, 0.05) is 24.5 Å². The van der Waals surface area contributed by atoms with Crippen molar-refractivity contribution in [1.82, 2.24) is 5.32 Å². The van der Waals surface area contributed by atoms with Crippen molar-refractivity contribution in [3.8, 4) is 5.75 Å². The number of nitrogens with zero attached hydrogens (tertiary/aromatic N) is 1. The molecule has 10 heteroatoms. The summed E-state index contributed by atoms with van der Waals surface area (Å²) in [6.07, 6.45) is -4.57. The van der Waals surface area contributed by atoms with Gasteiger partial charge in [0.2, 0.25) is 0 Å². The van der Waals surface area contributed by atoms with Crippen LogP contribution in [0, 0.1) is 5.82 Å². The topological polar surface area (TPSA) is 70.7 Å². The fraction of sp³-hybridized carbons (Fsp3) is 0.167. The van der Waals surface area contributed by atoms with Gasteiger partial charge in [0.25, 0.3) is 5.91 Å². The highest BCUT2D eigenvalue weighted by Crippen LogP contribution is 2.30. The lowest BCUT2D eigenvalue weighted by atomic mass is 10.2. The minimum atomic E-state index is -4.57. The molecule has 178 valence electrons. The Morgan fingerprint density at radius 1 is 0.912 bits per heavy atom. The first-order valence-electron chi connectivity index (χ1n) is 10.2. The normalized spacial score (nSPS) is 10.9. The van der Waals surface area contributed by atoms with E-state index in [1.54, 1.807) is 30.3 Å². The Morgan fingerprint density at radius 3 is 2.29 bits per heavy atom. The number of benzene rings is 3. The smallest absolute Gasteiger partial charge is 0.416 e. The fourth-order valence-electron chi connectivity index (χ4n) is 2.96. The number of alkyl halides is 3. The molecule has 0 aromatic heterocycles. The number of anilines is 2. The van der Waals surface area contributed by atoms with Crippen LogP contribution in [0.25, 0.3) is 0 Å². The number of hydrogen-bond acceptors (Lipinski definition) is 3. The summed E-state index contributed by atoms with van der Waals surface area (Å²) < 4.78 is 57.6. The van der Waals surface area contributed by atoms with Crippen molar-refractivity contribution in [3.63, 3.8) is 0 Å². The summed E-state index contributed by atoms with van der Waals surface area (Å²) in [7, 11) is 0. The summed E-state index contributed by atoms with van der Waals surface area (Å²) in [5.41, 5.74) is -0.683. The van der Waals surface area contributed by atoms with E-state index in [0.29, 0.717) is 11.4 Å². The molecule has 0 unspecified atom stereocenters. The van der Waals surface area contributed by atoms with Gasteiger partial charge in [-0.15, -0.1) is 0 Å². The summed E-state index contributed by atoms with van der Waals surface area (Å²) in [6, 6.07) is 17.1. The molecule has 0 saturated heterocycles. The van der Waals surface area contributed by atoms with Gasteiger partial charge in [-0.25, -0.2) is 9.18 Å². The maximum atomic E-state index is 13.3. The monoisotopic (exact) mass is 475 g/mol. The minimum Gasteiger partial charge on any atom is -0.484 e. The van der Waals surface area contributed by atoms with E-state index < -0.39 is 29.5 Å². The summed E-state index contributed by atoms with van der Waals surface area (Å²) >= 11 is 0. The number of ether oxygens (including phenoxy) is 1. The van der Waals surface area contributed by atoms with Crippen molar-refractivity contribution < 1.29 is 31.9 Å².